The van der Waals surface area contributed by atoms with E-state index >= 15 is 0 Å². The van der Waals surface area contributed by atoms with Crippen molar-refractivity contribution in [3.8, 4) is 0 Å². The Morgan fingerprint density at radius 1 is 1.45 bits per heavy atom. The van der Waals surface area contributed by atoms with Gasteiger partial charge in [-0.1, -0.05) is 0 Å². The Bertz CT molecular complexity index is 478. The maximum atomic E-state index is 12.0. The molecule has 2 heterocycles. The molecule has 0 spiro atoms. The summed E-state index contributed by atoms with van der Waals surface area (Å²) in [6, 6.07) is 0. The molecule has 0 bridgehead atoms. The van der Waals surface area contributed by atoms with Crippen LogP contribution in [0.5, 0.6) is 0 Å². The normalized spacial score (nSPS) is 16.4. The second-order valence-corrected chi connectivity index (χ2v) is 5.12. The number of amides is 1. The van der Waals surface area contributed by atoms with Crippen molar-refractivity contribution in [1.82, 2.24) is 20.0 Å². The Labute approximate surface area is 117 Å². The number of likely N-dealkylation sites (tertiary alicyclic amines) is 1. The topological polar surface area (TPSA) is 87.5 Å². The molecule has 1 aliphatic rings. The molecular formula is C13H20N4O3. The lowest BCUT2D eigenvalue weighted by Gasteiger charge is -2.30. The summed E-state index contributed by atoms with van der Waals surface area (Å²) < 4.78 is 1.72. The first-order valence-corrected chi connectivity index (χ1v) is 6.75. The summed E-state index contributed by atoms with van der Waals surface area (Å²) in [4.78, 5) is 24.5. The number of carbonyl (C=O) groups excluding carboxylic acids is 1. The van der Waals surface area contributed by atoms with E-state index in [1.165, 1.54) is 0 Å². The SMILES string of the molecule is Cn1cc(CNCC(=O)N2CCC(C(=O)O)CC2)cn1. The summed E-state index contributed by atoms with van der Waals surface area (Å²) in [5.41, 5.74) is 1.03. The van der Waals surface area contributed by atoms with Crippen LogP contribution in [0.2, 0.25) is 0 Å². The second kappa shape index (κ2) is 6.51. The first kappa shape index (κ1) is 14.5. The number of piperidine rings is 1. The van der Waals surface area contributed by atoms with Gasteiger partial charge >= 0.3 is 5.97 Å². The van der Waals surface area contributed by atoms with Crippen LogP contribution in [0.25, 0.3) is 0 Å². The third-order valence-corrected chi connectivity index (χ3v) is 3.56. The van der Waals surface area contributed by atoms with E-state index in [-0.39, 0.29) is 18.4 Å². The van der Waals surface area contributed by atoms with Crippen LogP contribution in [-0.4, -0.2) is 51.3 Å². The van der Waals surface area contributed by atoms with Crippen molar-refractivity contribution < 1.29 is 14.7 Å². The zero-order chi connectivity index (χ0) is 14.5. The van der Waals surface area contributed by atoms with E-state index in [1.807, 2.05) is 13.2 Å². The van der Waals surface area contributed by atoms with Crippen LogP contribution in [-0.2, 0) is 23.2 Å². The van der Waals surface area contributed by atoms with Gasteiger partial charge in [-0.15, -0.1) is 0 Å². The molecule has 1 aliphatic heterocycles. The average molecular weight is 280 g/mol. The average Bonchev–Trinajstić information content (AvgIpc) is 2.84. The zero-order valence-electron chi connectivity index (χ0n) is 11.6. The summed E-state index contributed by atoms with van der Waals surface area (Å²) in [5, 5.41) is 16.0. The van der Waals surface area contributed by atoms with Gasteiger partial charge in [-0.2, -0.15) is 5.10 Å². The number of carbonyl (C=O) groups is 2. The summed E-state index contributed by atoms with van der Waals surface area (Å²) in [5.74, 6) is -1.04. The van der Waals surface area contributed by atoms with Crippen molar-refractivity contribution in [3.63, 3.8) is 0 Å². The van der Waals surface area contributed by atoms with E-state index < -0.39 is 5.97 Å². The molecule has 2 N–H and O–H groups in total. The van der Waals surface area contributed by atoms with Gasteiger partial charge in [0.25, 0.3) is 0 Å². The number of carboxylic acid groups (broad SMARTS) is 1. The predicted molar refractivity (Wildman–Crippen MR) is 71.9 cm³/mol. The van der Waals surface area contributed by atoms with Crippen molar-refractivity contribution in [2.45, 2.75) is 19.4 Å². The number of nitrogens with one attached hydrogen (secondary N) is 1. The van der Waals surface area contributed by atoms with Gasteiger partial charge in [0.1, 0.15) is 0 Å². The number of rotatable bonds is 5. The van der Waals surface area contributed by atoms with Gasteiger partial charge in [0, 0.05) is 38.4 Å². The Balaban J connectivity index is 1.69. The fourth-order valence-corrected chi connectivity index (χ4v) is 2.36. The molecule has 1 aromatic heterocycles. The third-order valence-electron chi connectivity index (χ3n) is 3.56. The van der Waals surface area contributed by atoms with Gasteiger partial charge in [-0.05, 0) is 12.8 Å². The fourth-order valence-electron chi connectivity index (χ4n) is 2.36. The van der Waals surface area contributed by atoms with Crippen LogP contribution in [0, 0.1) is 5.92 Å². The van der Waals surface area contributed by atoms with E-state index in [2.05, 4.69) is 10.4 Å². The Morgan fingerprint density at radius 2 is 2.15 bits per heavy atom. The lowest BCUT2D eigenvalue weighted by Crippen LogP contribution is -2.43. The number of carboxylic acids is 1. The van der Waals surface area contributed by atoms with Crippen LogP contribution >= 0.6 is 0 Å². The molecule has 2 rings (SSSR count). The number of aliphatic carboxylic acids is 1. The molecule has 1 saturated heterocycles. The highest BCUT2D eigenvalue weighted by Crippen LogP contribution is 2.17. The van der Waals surface area contributed by atoms with Crippen molar-refractivity contribution >= 4 is 11.9 Å². The lowest BCUT2D eigenvalue weighted by molar-refractivity contribution is -0.145. The van der Waals surface area contributed by atoms with Gasteiger partial charge in [-0.25, -0.2) is 0 Å². The minimum absolute atomic E-state index is 0.0257. The van der Waals surface area contributed by atoms with Gasteiger partial charge < -0.3 is 15.3 Å². The molecule has 0 radical (unpaired) electrons. The van der Waals surface area contributed by atoms with Crippen LogP contribution in [0.1, 0.15) is 18.4 Å². The highest BCUT2D eigenvalue weighted by atomic mass is 16.4. The molecule has 110 valence electrons. The minimum Gasteiger partial charge on any atom is -0.481 e. The molecule has 20 heavy (non-hydrogen) atoms. The van der Waals surface area contributed by atoms with E-state index in [1.54, 1.807) is 15.8 Å². The smallest absolute Gasteiger partial charge is 0.306 e. The Kier molecular flexibility index (Phi) is 4.73. The van der Waals surface area contributed by atoms with Crippen LogP contribution in [0.4, 0.5) is 0 Å². The summed E-state index contributed by atoms with van der Waals surface area (Å²) in [6.45, 7) is 1.94. The Hall–Kier alpha value is -1.89. The predicted octanol–water partition coefficient (Wildman–Crippen LogP) is -0.167. The van der Waals surface area contributed by atoms with E-state index in [4.69, 9.17) is 5.11 Å². The summed E-state index contributed by atoms with van der Waals surface area (Å²) in [7, 11) is 1.85. The molecule has 0 saturated carbocycles. The van der Waals surface area contributed by atoms with Gasteiger partial charge in [0.05, 0.1) is 18.7 Å². The maximum absolute atomic E-state index is 12.0. The molecule has 0 unspecified atom stereocenters. The molecule has 0 atom stereocenters. The van der Waals surface area contributed by atoms with Gasteiger partial charge in [-0.3, -0.25) is 14.3 Å². The van der Waals surface area contributed by atoms with Crippen LogP contribution < -0.4 is 5.32 Å². The van der Waals surface area contributed by atoms with Crippen molar-refractivity contribution in [2.75, 3.05) is 19.6 Å². The van der Waals surface area contributed by atoms with E-state index in [0.717, 1.165) is 5.56 Å². The number of hydrogen-bond donors (Lipinski definition) is 2. The van der Waals surface area contributed by atoms with Gasteiger partial charge in [0.2, 0.25) is 5.91 Å². The van der Waals surface area contributed by atoms with Crippen molar-refractivity contribution in [2.24, 2.45) is 13.0 Å². The second-order valence-electron chi connectivity index (χ2n) is 5.12. The molecule has 0 aliphatic carbocycles. The summed E-state index contributed by atoms with van der Waals surface area (Å²) >= 11 is 0. The van der Waals surface area contributed by atoms with Gasteiger partial charge in [0.15, 0.2) is 0 Å². The van der Waals surface area contributed by atoms with Crippen LogP contribution in [0.3, 0.4) is 0 Å². The highest BCUT2D eigenvalue weighted by Gasteiger charge is 2.26. The molecule has 7 heteroatoms. The molecule has 1 amide bonds. The fraction of sp³-hybridized carbons (Fsp3) is 0.615. The Morgan fingerprint density at radius 3 is 2.70 bits per heavy atom. The molecule has 1 aromatic rings. The first-order chi connectivity index (χ1) is 9.56. The first-order valence-electron chi connectivity index (χ1n) is 6.75. The molecule has 7 nitrogen and oxygen atoms in total. The molecule has 1 fully saturated rings. The third kappa shape index (κ3) is 3.80. The standard InChI is InChI=1S/C13H20N4O3/c1-16-9-10(7-15-16)6-14-8-12(18)17-4-2-11(3-5-17)13(19)20/h7,9,11,14H,2-6,8H2,1H3,(H,19,20). The monoisotopic (exact) mass is 280 g/mol. The number of aryl methyl sites for hydroxylation is 1. The molecular weight excluding hydrogens is 260 g/mol. The van der Waals surface area contributed by atoms with Crippen molar-refractivity contribution in [3.05, 3.63) is 18.0 Å². The van der Waals surface area contributed by atoms with E-state index in [9.17, 15) is 9.59 Å². The van der Waals surface area contributed by atoms with Crippen LogP contribution in [0.15, 0.2) is 12.4 Å². The quantitative estimate of drug-likeness (QED) is 0.782. The maximum Gasteiger partial charge on any atom is 0.306 e. The number of nitrogens with zero attached hydrogens (tertiary/aromatic N) is 3. The largest absolute Gasteiger partial charge is 0.481 e. The number of hydrogen-bond acceptors (Lipinski definition) is 4. The van der Waals surface area contributed by atoms with E-state index in [0.29, 0.717) is 32.5 Å². The molecule has 0 aromatic carbocycles. The minimum atomic E-state index is -0.758. The zero-order valence-corrected chi connectivity index (χ0v) is 11.6. The van der Waals surface area contributed by atoms with Crippen molar-refractivity contribution in [1.29, 1.82) is 0 Å². The highest BCUT2D eigenvalue weighted by molar-refractivity contribution is 5.78. The lowest BCUT2D eigenvalue weighted by atomic mass is 9.97. The number of aromatic nitrogens is 2. The summed E-state index contributed by atoms with van der Waals surface area (Å²) in [6.07, 6.45) is 4.75.